The summed E-state index contributed by atoms with van der Waals surface area (Å²) in [5.74, 6) is 0.522. The van der Waals surface area contributed by atoms with Crippen LogP contribution in [0.2, 0.25) is 0 Å². The van der Waals surface area contributed by atoms with Gasteiger partial charge in [-0.3, -0.25) is 0 Å². The van der Waals surface area contributed by atoms with Gasteiger partial charge >= 0.3 is 0 Å². The number of nitrogens with zero attached hydrogens (tertiary/aromatic N) is 1. The van der Waals surface area contributed by atoms with Crippen molar-refractivity contribution in [3.05, 3.63) is 83.7 Å². The highest BCUT2D eigenvalue weighted by atomic mass is 31.1. The zero-order valence-electron chi connectivity index (χ0n) is 14.8. The summed E-state index contributed by atoms with van der Waals surface area (Å²) < 4.78 is 0. The van der Waals surface area contributed by atoms with Gasteiger partial charge in [0.05, 0.1) is 0 Å². The molecule has 1 nitrogen and oxygen atoms in total. The van der Waals surface area contributed by atoms with E-state index in [1.807, 2.05) is 0 Å². The molecule has 0 fully saturated rings. The van der Waals surface area contributed by atoms with Gasteiger partial charge in [-0.2, -0.15) is 0 Å². The van der Waals surface area contributed by atoms with Gasteiger partial charge in [0.25, 0.3) is 0 Å². The summed E-state index contributed by atoms with van der Waals surface area (Å²) in [5.41, 5.74) is 1.54. The van der Waals surface area contributed by atoms with Crippen LogP contribution in [0.25, 0.3) is 0 Å². The predicted molar refractivity (Wildman–Crippen MR) is 108 cm³/mol. The Morgan fingerprint density at radius 2 is 1.42 bits per heavy atom. The van der Waals surface area contributed by atoms with Crippen molar-refractivity contribution in [2.24, 2.45) is 5.92 Å². The van der Waals surface area contributed by atoms with Crippen LogP contribution in [-0.4, -0.2) is 25.5 Å². The Bertz CT molecular complexity index is 677. The number of allylic oxidation sites excluding steroid dienone is 3. The molecule has 0 aliphatic heterocycles. The van der Waals surface area contributed by atoms with Crippen molar-refractivity contribution >= 4 is 18.5 Å². The van der Waals surface area contributed by atoms with Gasteiger partial charge in [-0.25, -0.2) is 0 Å². The Morgan fingerprint density at radius 1 is 0.875 bits per heavy atom. The Hall–Kier alpha value is -1.69. The summed E-state index contributed by atoms with van der Waals surface area (Å²) in [5, 5.41) is 4.53. The first-order valence-corrected chi connectivity index (χ1v) is 9.97. The third-order valence-corrected chi connectivity index (χ3v) is 7.25. The zero-order valence-corrected chi connectivity index (χ0v) is 15.7. The molecule has 0 saturated carbocycles. The molecule has 124 valence electrons. The molecular formula is C22H26NP. The van der Waals surface area contributed by atoms with Crippen LogP contribution in [0.1, 0.15) is 13.3 Å². The Kier molecular flexibility index (Phi) is 5.66. The summed E-state index contributed by atoms with van der Waals surface area (Å²) in [7, 11) is 3.84. The molecule has 0 spiro atoms. The van der Waals surface area contributed by atoms with Crippen molar-refractivity contribution in [3.63, 3.8) is 0 Å². The van der Waals surface area contributed by atoms with Crippen LogP contribution in [0.5, 0.6) is 0 Å². The third-order valence-electron chi connectivity index (χ3n) is 4.44. The fraction of sp³-hybridized carbons (Fsp3) is 0.273. The highest BCUT2D eigenvalue weighted by molar-refractivity contribution is 7.76. The fourth-order valence-electron chi connectivity index (χ4n) is 3.21. The highest BCUT2D eigenvalue weighted by Gasteiger charge is 2.27. The van der Waals surface area contributed by atoms with E-state index in [0.29, 0.717) is 5.92 Å². The topological polar surface area (TPSA) is 3.24 Å². The third kappa shape index (κ3) is 3.86. The lowest BCUT2D eigenvalue weighted by molar-refractivity contribution is 0.414. The van der Waals surface area contributed by atoms with Gasteiger partial charge < -0.3 is 4.90 Å². The molecule has 3 rings (SSSR count). The van der Waals surface area contributed by atoms with E-state index < -0.39 is 7.92 Å². The van der Waals surface area contributed by atoms with E-state index in [4.69, 9.17) is 0 Å². The minimum atomic E-state index is -0.463. The second-order valence-corrected chi connectivity index (χ2v) is 8.80. The maximum absolute atomic E-state index is 2.38. The number of benzene rings is 2. The minimum Gasteiger partial charge on any atom is -0.309 e. The lowest BCUT2D eigenvalue weighted by Gasteiger charge is -2.25. The fourth-order valence-corrected chi connectivity index (χ4v) is 5.98. The molecule has 2 heteroatoms. The number of hydrogen-bond donors (Lipinski definition) is 0. The first kappa shape index (κ1) is 17.1. The summed E-state index contributed by atoms with van der Waals surface area (Å²) in [6, 6.07) is 22.1. The molecule has 0 amide bonds. The average molecular weight is 335 g/mol. The smallest absolute Gasteiger partial charge is 0.00158 e. The zero-order chi connectivity index (χ0) is 16.9. The van der Waals surface area contributed by atoms with Crippen molar-refractivity contribution in [2.75, 3.05) is 20.6 Å². The molecule has 0 saturated heterocycles. The van der Waals surface area contributed by atoms with Crippen molar-refractivity contribution in [3.8, 4) is 0 Å². The Morgan fingerprint density at radius 3 is 1.92 bits per heavy atom. The first-order chi connectivity index (χ1) is 11.7. The average Bonchev–Trinajstić information content (AvgIpc) is 2.96. The van der Waals surface area contributed by atoms with Crippen LogP contribution in [0.4, 0.5) is 0 Å². The van der Waals surface area contributed by atoms with Gasteiger partial charge in [-0.1, -0.05) is 79.7 Å². The van der Waals surface area contributed by atoms with E-state index in [1.54, 1.807) is 5.31 Å². The van der Waals surface area contributed by atoms with E-state index in [9.17, 15) is 0 Å². The molecule has 0 radical (unpaired) electrons. The number of rotatable bonds is 6. The normalized spacial score (nSPS) is 17.3. The second-order valence-electron chi connectivity index (χ2n) is 6.62. The molecule has 1 unspecified atom stereocenters. The molecular weight excluding hydrogens is 309 g/mol. The highest BCUT2D eigenvalue weighted by Crippen LogP contribution is 2.51. The van der Waals surface area contributed by atoms with Gasteiger partial charge in [0.2, 0.25) is 0 Å². The lowest BCUT2D eigenvalue weighted by Crippen LogP contribution is -2.17. The van der Waals surface area contributed by atoms with Crippen molar-refractivity contribution in [1.82, 2.24) is 4.90 Å². The van der Waals surface area contributed by atoms with E-state index in [0.717, 1.165) is 13.0 Å². The molecule has 1 aliphatic rings. The Labute approximate surface area is 147 Å². The molecule has 2 aromatic carbocycles. The summed E-state index contributed by atoms with van der Waals surface area (Å²) in [4.78, 5) is 2.27. The van der Waals surface area contributed by atoms with Gasteiger partial charge in [0, 0.05) is 12.5 Å². The van der Waals surface area contributed by atoms with Gasteiger partial charge in [-0.05, 0) is 49.9 Å². The molecule has 0 heterocycles. The standard InChI is InChI=1S/C22H26NP/c1-18-14-15-19(16-17-23(2)3)22(18)24(20-10-6-4-7-11-20)21-12-8-5-9-13-21/h4-15,18H,16-17H2,1-3H3. The van der Waals surface area contributed by atoms with Crippen LogP contribution in [0.3, 0.4) is 0 Å². The second kappa shape index (κ2) is 7.92. The molecule has 2 aromatic rings. The van der Waals surface area contributed by atoms with Crippen molar-refractivity contribution in [1.29, 1.82) is 0 Å². The SMILES string of the molecule is CC1C=CC(CCN(C)C)=C1P(c1ccccc1)c1ccccc1. The van der Waals surface area contributed by atoms with E-state index in [1.165, 1.54) is 16.2 Å². The number of hydrogen-bond acceptors (Lipinski definition) is 1. The van der Waals surface area contributed by atoms with Crippen molar-refractivity contribution in [2.45, 2.75) is 13.3 Å². The van der Waals surface area contributed by atoms with Crippen LogP contribution >= 0.6 is 7.92 Å². The van der Waals surface area contributed by atoms with E-state index >= 15 is 0 Å². The summed E-state index contributed by atoms with van der Waals surface area (Å²) in [6.07, 6.45) is 5.87. The monoisotopic (exact) mass is 335 g/mol. The van der Waals surface area contributed by atoms with Crippen molar-refractivity contribution < 1.29 is 0 Å². The maximum Gasteiger partial charge on any atom is 0.00158 e. The predicted octanol–water partition coefficient (Wildman–Crippen LogP) is 4.53. The van der Waals surface area contributed by atoms with Gasteiger partial charge in [0.15, 0.2) is 0 Å². The summed E-state index contributed by atoms with van der Waals surface area (Å²) >= 11 is 0. The molecule has 1 aliphatic carbocycles. The molecule has 0 bridgehead atoms. The lowest BCUT2D eigenvalue weighted by atomic mass is 10.1. The molecule has 1 atom stereocenters. The minimum absolute atomic E-state index is 0.463. The molecule has 24 heavy (non-hydrogen) atoms. The summed E-state index contributed by atoms with van der Waals surface area (Å²) in [6.45, 7) is 3.44. The quantitative estimate of drug-likeness (QED) is 0.701. The van der Waals surface area contributed by atoms with E-state index in [-0.39, 0.29) is 0 Å². The molecule has 0 N–H and O–H groups in total. The van der Waals surface area contributed by atoms with Gasteiger partial charge in [0.1, 0.15) is 0 Å². The molecule has 0 aromatic heterocycles. The Balaban J connectivity index is 2.06. The van der Waals surface area contributed by atoms with Crippen LogP contribution in [-0.2, 0) is 0 Å². The van der Waals surface area contributed by atoms with Crippen LogP contribution < -0.4 is 10.6 Å². The largest absolute Gasteiger partial charge is 0.309 e. The maximum atomic E-state index is 2.38. The van der Waals surface area contributed by atoms with Crippen LogP contribution in [0.15, 0.2) is 83.7 Å². The van der Waals surface area contributed by atoms with Gasteiger partial charge in [-0.15, -0.1) is 0 Å². The van der Waals surface area contributed by atoms with E-state index in [2.05, 4.69) is 98.7 Å². The first-order valence-electron chi connectivity index (χ1n) is 8.63. The van der Waals surface area contributed by atoms with Crippen LogP contribution in [0, 0.1) is 5.92 Å².